The molecule has 0 spiro atoms. The molecule has 1 aromatic heterocycles. The van der Waals surface area contributed by atoms with Gasteiger partial charge in [0, 0.05) is 0 Å². The first kappa shape index (κ1) is 14.3. The van der Waals surface area contributed by atoms with Crippen molar-refractivity contribution in [2.24, 2.45) is 0 Å². The second-order valence-electron chi connectivity index (χ2n) is 4.01. The predicted octanol–water partition coefficient (Wildman–Crippen LogP) is 3.55. The van der Waals surface area contributed by atoms with E-state index in [0.29, 0.717) is 23.9 Å². The van der Waals surface area contributed by atoms with E-state index in [1.165, 1.54) is 0 Å². The zero-order valence-corrected chi connectivity index (χ0v) is 12.2. The van der Waals surface area contributed by atoms with E-state index in [1.54, 1.807) is 0 Å². The Hall–Kier alpha value is -2.08. The fourth-order valence-electron chi connectivity index (χ4n) is 1.78. The number of carboxylic acids is 1. The molecule has 0 aliphatic rings. The zero-order chi connectivity index (χ0) is 14.5. The summed E-state index contributed by atoms with van der Waals surface area (Å²) in [7, 11) is 0. The molecule has 0 fully saturated rings. The van der Waals surface area contributed by atoms with E-state index in [1.807, 2.05) is 38.1 Å². The monoisotopic (exact) mass is 292 g/mol. The molecule has 2 aromatic rings. The van der Waals surface area contributed by atoms with Crippen LogP contribution in [0.1, 0.15) is 29.2 Å². The van der Waals surface area contributed by atoms with Crippen molar-refractivity contribution in [3.8, 4) is 5.75 Å². The van der Waals surface area contributed by atoms with E-state index < -0.39 is 5.97 Å². The van der Waals surface area contributed by atoms with E-state index in [9.17, 15) is 4.79 Å². The first-order valence-electron chi connectivity index (χ1n) is 6.37. The maximum Gasteiger partial charge on any atom is 0.347 e. The Morgan fingerprint density at radius 2 is 2.15 bits per heavy atom. The molecule has 0 unspecified atom stereocenters. The lowest BCUT2D eigenvalue weighted by Gasteiger charge is -2.09. The largest absolute Gasteiger partial charge is 0.492 e. The Balaban J connectivity index is 2.28. The number of carboxylic acid groups (broad SMARTS) is 1. The van der Waals surface area contributed by atoms with Crippen molar-refractivity contribution in [1.82, 2.24) is 4.98 Å². The van der Waals surface area contributed by atoms with Crippen molar-refractivity contribution in [2.45, 2.75) is 20.3 Å². The topological polar surface area (TPSA) is 71.5 Å². The lowest BCUT2D eigenvalue weighted by Crippen LogP contribution is -1.98. The number of aromatic carboxylic acids is 1. The molecule has 1 heterocycles. The van der Waals surface area contributed by atoms with Crippen LogP contribution >= 0.6 is 11.3 Å². The zero-order valence-electron chi connectivity index (χ0n) is 11.3. The number of aromatic nitrogens is 1. The Kier molecular flexibility index (Phi) is 4.57. The third kappa shape index (κ3) is 3.08. The fraction of sp³-hybridized carbons (Fsp3) is 0.286. The van der Waals surface area contributed by atoms with Gasteiger partial charge in [-0.25, -0.2) is 9.78 Å². The maximum absolute atomic E-state index is 11.1. The van der Waals surface area contributed by atoms with Crippen LogP contribution in [0.4, 0.5) is 10.8 Å². The van der Waals surface area contributed by atoms with Crippen LogP contribution in [-0.2, 0) is 6.42 Å². The smallest absolute Gasteiger partial charge is 0.347 e. The Bertz CT molecular complexity index is 610. The molecule has 0 aliphatic heterocycles. The van der Waals surface area contributed by atoms with Gasteiger partial charge in [0.05, 0.1) is 18.0 Å². The molecule has 2 N–H and O–H groups in total. The highest BCUT2D eigenvalue weighted by Crippen LogP contribution is 2.31. The van der Waals surface area contributed by atoms with Gasteiger partial charge in [-0.3, -0.25) is 0 Å². The van der Waals surface area contributed by atoms with Gasteiger partial charge in [-0.2, -0.15) is 0 Å². The number of nitrogens with one attached hydrogen (secondary N) is 1. The highest BCUT2D eigenvalue weighted by atomic mass is 32.1. The minimum atomic E-state index is -0.939. The number of hydrogen-bond donors (Lipinski definition) is 2. The van der Waals surface area contributed by atoms with E-state index in [4.69, 9.17) is 9.84 Å². The quantitative estimate of drug-likeness (QED) is 0.852. The fourth-order valence-corrected chi connectivity index (χ4v) is 2.68. The van der Waals surface area contributed by atoms with Crippen molar-refractivity contribution in [3.63, 3.8) is 0 Å². The van der Waals surface area contributed by atoms with E-state index in [-0.39, 0.29) is 4.88 Å². The average Bonchev–Trinajstić information content (AvgIpc) is 2.84. The maximum atomic E-state index is 11.1. The second-order valence-corrected chi connectivity index (χ2v) is 5.01. The molecule has 0 saturated carbocycles. The number of aryl methyl sites for hydroxylation is 1. The van der Waals surface area contributed by atoms with Crippen molar-refractivity contribution >= 4 is 28.1 Å². The summed E-state index contributed by atoms with van der Waals surface area (Å²) >= 11 is 1.14. The van der Waals surface area contributed by atoms with Gasteiger partial charge in [0.15, 0.2) is 5.13 Å². The van der Waals surface area contributed by atoms with E-state index >= 15 is 0 Å². The van der Waals surface area contributed by atoms with E-state index in [2.05, 4.69) is 10.3 Å². The van der Waals surface area contributed by atoms with Gasteiger partial charge < -0.3 is 15.2 Å². The van der Waals surface area contributed by atoms with Crippen molar-refractivity contribution in [1.29, 1.82) is 0 Å². The van der Waals surface area contributed by atoms with Gasteiger partial charge in [-0.15, -0.1) is 0 Å². The first-order valence-corrected chi connectivity index (χ1v) is 7.19. The SMILES string of the molecule is CCOc1ccccc1Nc1nc(CC)c(C(=O)O)s1. The number of ether oxygens (including phenoxy) is 1. The number of nitrogens with zero attached hydrogens (tertiary/aromatic N) is 1. The standard InChI is InChI=1S/C14H16N2O3S/c1-3-9-12(13(17)18)20-14(15-9)16-10-7-5-6-8-11(10)19-4-2/h5-8H,3-4H2,1-2H3,(H,15,16)(H,17,18). The summed E-state index contributed by atoms with van der Waals surface area (Å²) in [5, 5.41) is 12.8. The van der Waals surface area contributed by atoms with Gasteiger partial charge in [0.25, 0.3) is 0 Å². The molecule has 0 aliphatic carbocycles. The van der Waals surface area contributed by atoms with Crippen LogP contribution in [0.25, 0.3) is 0 Å². The molecule has 1 aromatic carbocycles. The summed E-state index contributed by atoms with van der Waals surface area (Å²) in [6, 6.07) is 7.51. The molecule has 0 saturated heterocycles. The number of benzene rings is 1. The Morgan fingerprint density at radius 1 is 1.40 bits per heavy atom. The summed E-state index contributed by atoms with van der Waals surface area (Å²) in [6.45, 7) is 4.37. The lowest BCUT2D eigenvalue weighted by molar-refractivity contribution is 0.0701. The predicted molar refractivity (Wildman–Crippen MR) is 79.3 cm³/mol. The van der Waals surface area contributed by atoms with Gasteiger partial charge in [-0.05, 0) is 25.5 Å². The molecule has 2 rings (SSSR count). The molecule has 0 bridgehead atoms. The first-order chi connectivity index (χ1) is 9.65. The van der Waals surface area contributed by atoms with Crippen LogP contribution in [0.5, 0.6) is 5.75 Å². The van der Waals surface area contributed by atoms with Gasteiger partial charge in [0.1, 0.15) is 10.6 Å². The summed E-state index contributed by atoms with van der Waals surface area (Å²) < 4.78 is 5.52. The number of thiazole rings is 1. The molecule has 0 radical (unpaired) electrons. The molecular weight excluding hydrogens is 276 g/mol. The van der Waals surface area contributed by atoms with Crippen LogP contribution in [0.15, 0.2) is 24.3 Å². The molecule has 20 heavy (non-hydrogen) atoms. The number of anilines is 2. The lowest BCUT2D eigenvalue weighted by atomic mass is 10.3. The van der Waals surface area contributed by atoms with Gasteiger partial charge in [0.2, 0.25) is 0 Å². The number of rotatable bonds is 6. The van der Waals surface area contributed by atoms with Crippen molar-refractivity contribution < 1.29 is 14.6 Å². The average molecular weight is 292 g/mol. The molecule has 0 amide bonds. The third-order valence-electron chi connectivity index (χ3n) is 2.65. The molecule has 0 atom stereocenters. The van der Waals surface area contributed by atoms with Crippen molar-refractivity contribution in [3.05, 3.63) is 34.8 Å². The molecular formula is C14H16N2O3S. The van der Waals surface area contributed by atoms with Crippen LogP contribution in [0.2, 0.25) is 0 Å². The summed E-state index contributed by atoms with van der Waals surface area (Å²) in [5.74, 6) is -0.217. The van der Waals surface area contributed by atoms with Crippen LogP contribution in [-0.4, -0.2) is 22.7 Å². The summed E-state index contributed by atoms with van der Waals surface area (Å²) in [5.41, 5.74) is 1.38. The van der Waals surface area contributed by atoms with E-state index in [0.717, 1.165) is 22.8 Å². The molecule has 6 heteroatoms. The minimum absolute atomic E-state index is 0.281. The van der Waals surface area contributed by atoms with Crippen LogP contribution in [0, 0.1) is 0 Å². The van der Waals surface area contributed by atoms with Crippen LogP contribution < -0.4 is 10.1 Å². The molecule has 106 valence electrons. The highest BCUT2D eigenvalue weighted by Gasteiger charge is 2.16. The van der Waals surface area contributed by atoms with Crippen LogP contribution in [0.3, 0.4) is 0 Å². The molecule has 5 nitrogen and oxygen atoms in total. The highest BCUT2D eigenvalue weighted by molar-refractivity contribution is 7.17. The van der Waals surface area contributed by atoms with Gasteiger partial charge in [-0.1, -0.05) is 30.4 Å². The Labute approximate surface area is 121 Å². The number of hydrogen-bond acceptors (Lipinski definition) is 5. The second kappa shape index (κ2) is 6.38. The van der Waals surface area contributed by atoms with Crippen molar-refractivity contribution in [2.75, 3.05) is 11.9 Å². The number of para-hydroxylation sites is 2. The third-order valence-corrected chi connectivity index (χ3v) is 3.66. The number of carbonyl (C=O) groups is 1. The minimum Gasteiger partial charge on any atom is -0.492 e. The summed E-state index contributed by atoms with van der Waals surface area (Å²) in [4.78, 5) is 15.7. The normalized spacial score (nSPS) is 10.3. The van der Waals surface area contributed by atoms with Gasteiger partial charge >= 0.3 is 5.97 Å². The Morgan fingerprint density at radius 3 is 2.75 bits per heavy atom. The summed E-state index contributed by atoms with van der Waals surface area (Å²) in [6.07, 6.45) is 0.590.